The lowest BCUT2D eigenvalue weighted by atomic mass is 9.98. The largest absolute Gasteiger partial charge is 0.320 e. The fraction of sp³-hybridized carbons (Fsp3) is 0.143. The summed E-state index contributed by atoms with van der Waals surface area (Å²) in [5, 5.41) is 0.720. The molecule has 0 aliphatic heterocycles. The molecule has 2 N–H and O–H groups in total. The van der Waals surface area contributed by atoms with Gasteiger partial charge in [-0.05, 0) is 52.3 Å². The standard InChI is InChI=1S/C14H13ClIN/c1-9-5-4-7-11(13(9)16)14(17)10-6-2-3-8-12(10)15/h2-8,14H,17H2,1H3. The van der Waals surface area contributed by atoms with Crippen molar-refractivity contribution >= 4 is 34.2 Å². The summed E-state index contributed by atoms with van der Waals surface area (Å²) in [6, 6.07) is 13.7. The van der Waals surface area contributed by atoms with Crippen LogP contribution in [0, 0.1) is 10.5 Å². The van der Waals surface area contributed by atoms with E-state index in [4.69, 9.17) is 17.3 Å². The first-order valence-corrected chi connectivity index (χ1v) is 6.82. The summed E-state index contributed by atoms with van der Waals surface area (Å²) in [6.45, 7) is 2.09. The molecule has 0 saturated carbocycles. The van der Waals surface area contributed by atoms with E-state index >= 15 is 0 Å². The van der Waals surface area contributed by atoms with Crippen LogP contribution in [0.2, 0.25) is 5.02 Å². The number of hydrogen-bond acceptors (Lipinski definition) is 1. The number of nitrogens with two attached hydrogens (primary N) is 1. The van der Waals surface area contributed by atoms with Crippen LogP contribution in [-0.2, 0) is 0 Å². The van der Waals surface area contributed by atoms with Crippen molar-refractivity contribution in [2.24, 2.45) is 5.73 Å². The van der Waals surface area contributed by atoms with Gasteiger partial charge in [0.15, 0.2) is 0 Å². The van der Waals surface area contributed by atoms with E-state index in [-0.39, 0.29) is 6.04 Å². The zero-order valence-electron chi connectivity index (χ0n) is 9.45. The van der Waals surface area contributed by atoms with Crippen molar-refractivity contribution in [2.75, 3.05) is 0 Å². The molecule has 0 spiro atoms. The maximum Gasteiger partial charge on any atom is 0.0577 e. The van der Waals surface area contributed by atoms with Crippen LogP contribution in [0.25, 0.3) is 0 Å². The first kappa shape index (κ1) is 12.9. The van der Waals surface area contributed by atoms with Crippen molar-refractivity contribution in [2.45, 2.75) is 13.0 Å². The molecule has 2 aromatic carbocycles. The quantitative estimate of drug-likeness (QED) is 0.797. The average molecular weight is 358 g/mol. The van der Waals surface area contributed by atoms with Crippen LogP contribution < -0.4 is 5.73 Å². The van der Waals surface area contributed by atoms with Crippen LogP contribution in [0.5, 0.6) is 0 Å². The molecule has 0 radical (unpaired) electrons. The second kappa shape index (κ2) is 5.38. The van der Waals surface area contributed by atoms with Gasteiger partial charge in [0.1, 0.15) is 0 Å². The van der Waals surface area contributed by atoms with Crippen LogP contribution in [-0.4, -0.2) is 0 Å². The molecule has 0 aromatic heterocycles. The van der Waals surface area contributed by atoms with E-state index in [2.05, 4.69) is 41.6 Å². The molecular weight excluding hydrogens is 345 g/mol. The van der Waals surface area contributed by atoms with Crippen LogP contribution in [0.4, 0.5) is 0 Å². The molecule has 0 bridgehead atoms. The Morgan fingerprint density at radius 1 is 1.06 bits per heavy atom. The predicted octanol–water partition coefficient (Wildman–Crippen LogP) is 4.30. The van der Waals surface area contributed by atoms with Crippen molar-refractivity contribution in [1.29, 1.82) is 0 Å². The van der Waals surface area contributed by atoms with E-state index in [0.717, 1.165) is 16.1 Å². The summed E-state index contributed by atoms with van der Waals surface area (Å²) in [5.41, 5.74) is 9.63. The summed E-state index contributed by atoms with van der Waals surface area (Å²) in [5.74, 6) is 0. The zero-order valence-corrected chi connectivity index (χ0v) is 12.4. The number of halogens is 2. The minimum Gasteiger partial charge on any atom is -0.320 e. The van der Waals surface area contributed by atoms with Gasteiger partial charge in [-0.25, -0.2) is 0 Å². The van der Waals surface area contributed by atoms with Gasteiger partial charge in [0, 0.05) is 8.59 Å². The zero-order chi connectivity index (χ0) is 12.4. The fourth-order valence-corrected chi connectivity index (χ4v) is 2.75. The second-order valence-corrected chi connectivity index (χ2v) is 5.46. The Bertz CT molecular complexity index is 539. The van der Waals surface area contributed by atoms with Gasteiger partial charge in [0.2, 0.25) is 0 Å². The van der Waals surface area contributed by atoms with Gasteiger partial charge in [0.05, 0.1) is 6.04 Å². The third kappa shape index (κ3) is 2.64. The van der Waals surface area contributed by atoms with Gasteiger partial charge in [-0.2, -0.15) is 0 Å². The maximum absolute atomic E-state index is 6.30. The predicted molar refractivity (Wildman–Crippen MR) is 81.4 cm³/mol. The highest BCUT2D eigenvalue weighted by Gasteiger charge is 2.15. The SMILES string of the molecule is Cc1cccc(C(N)c2ccccc2Cl)c1I. The first-order valence-electron chi connectivity index (χ1n) is 5.36. The summed E-state index contributed by atoms with van der Waals surface area (Å²) < 4.78 is 1.21. The van der Waals surface area contributed by atoms with Crippen LogP contribution in [0.1, 0.15) is 22.7 Å². The summed E-state index contributed by atoms with van der Waals surface area (Å²) in [4.78, 5) is 0. The lowest BCUT2D eigenvalue weighted by Crippen LogP contribution is -2.14. The van der Waals surface area contributed by atoms with Gasteiger partial charge in [0.25, 0.3) is 0 Å². The van der Waals surface area contributed by atoms with Crippen LogP contribution >= 0.6 is 34.2 Å². The van der Waals surface area contributed by atoms with Gasteiger partial charge < -0.3 is 5.73 Å². The highest BCUT2D eigenvalue weighted by molar-refractivity contribution is 14.1. The number of aryl methyl sites for hydroxylation is 1. The lowest BCUT2D eigenvalue weighted by Gasteiger charge is -2.16. The summed E-state index contributed by atoms with van der Waals surface area (Å²) >= 11 is 8.51. The Labute approximate surface area is 120 Å². The van der Waals surface area contributed by atoms with Crippen LogP contribution in [0.3, 0.4) is 0 Å². The third-order valence-electron chi connectivity index (χ3n) is 2.80. The molecule has 0 saturated heterocycles. The Kier molecular flexibility index (Phi) is 4.07. The van der Waals surface area contributed by atoms with Crippen LogP contribution in [0.15, 0.2) is 42.5 Å². The van der Waals surface area contributed by atoms with E-state index in [1.54, 1.807) is 0 Å². The van der Waals surface area contributed by atoms with Gasteiger partial charge in [-0.15, -0.1) is 0 Å². The van der Waals surface area contributed by atoms with Crippen molar-refractivity contribution < 1.29 is 0 Å². The lowest BCUT2D eigenvalue weighted by molar-refractivity contribution is 0.863. The molecule has 88 valence electrons. The molecule has 0 aliphatic carbocycles. The van der Waals surface area contributed by atoms with Crippen molar-refractivity contribution in [1.82, 2.24) is 0 Å². The molecule has 2 aromatic rings. The normalized spacial score (nSPS) is 12.5. The minimum absolute atomic E-state index is 0.171. The van der Waals surface area contributed by atoms with E-state index in [9.17, 15) is 0 Å². The van der Waals surface area contributed by atoms with Gasteiger partial charge in [-0.3, -0.25) is 0 Å². The second-order valence-electron chi connectivity index (χ2n) is 3.98. The van der Waals surface area contributed by atoms with E-state index in [1.807, 2.05) is 30.3 Å². The third-order valence-corrected chi connectivity index (χ3v) is 4.61. The Morgan fingerprint density at radius 3 is 2.41 bits per heavy atom. The smallest absolute Gasteiger partial charge is 0.0577 e. The van der Waals surface area contributed by atoms with Crippen molar-refractivity contribution in [3.05, 3.63) is 67.7 Å². The van der Waals surface area contributed by atoms with Gasteiger partial charge >= 0.3 is 0 Å². The molecular formula is C14H13ClIN. The van der Waals surface area contributed by atoms with Crippen molar-refractivity contribution in [3.8, 4) is 0 Å². The number of hydrogen-bond donors (Lipinski definition) is 1. The highest BCUT2D eigenvalue weighted by atomic mass is 127. The molecule has 1 nitrogen and oxygen atoms in total. The number of rotatable bonds is 2. The molecule has 0 aliphatic rings. The topological polar surface area (TPSA) is 26.0 Å². The van der Waals surface area contributed by atoms with Crippen molar-refractivity contribution in [3.63, 3.8) is 0 Å². The van der Waals surface area contributed by atoms with Gasteiger partial charge in [-0.1, -0.05) is 48.0 Å². The monoisotopic (exact) mass is 357 g/mol. The Balaban J connectivity index is 2.48. The maximum atomic E-state index is 6.30. The molecule has 0 heterocycles. The highest BCUT2D eigenvalue weighted by Crippen LogP contribution is 2.30. The Hall–Kier alpha value is -0.580. The Morgan fingerprint density at radius 2 is 1.71 bits per heavy atom. The minimum atomic E-state index is -0.171. The average Bonchev–Trinajstić information content (AvgIpc) is 2.32. The molecule has 1 unspecified atom stereocenters. The summed E-state index contributed by atoms with van der Waals surface area (Å²) in [7, 11) is 0. The van der Waals surface area contributed by atoms with E-state index < -0.39 is 0 Å². The molecule has 0 amide bonds. The van der Waals surface area contributed by atoms with E-state index in [1.165, 1.54) is 9.13 Å². The van der Waals surface area contributed by atoms with E-state index in [0.29, 0.717) is 0 Å². The summed E-state index contributed by atoms with van der Waals surface area (Å²) in [6.07, 6.45) is 0. The molecule has 1 atom stereocenters. The molecule has 17 heavy (non-hydrogen) atoms. The first-order chi connectivity index (χ1) is 8.11. The molecule has 2 rings (SSSR count). The molecule has 0 fully saturated rings. The molecule has 3 heteroatoms. The fourth-order valence-electron chi connectivity index (χ4n) is 1.81. The number of benzene rings is 2.